The zero-order valence-electron chi connectivity index (χ0n) is 15.6. The fourth-order valence-electron chi connectivity index (χ4n) is 3.02. The van der Waals surface area contributed by atoms with Gasteiger partial charge in [0, 0.05) is 6.54 Å². The van der Waals surface area contributed by atoms with E-state index < -0.39 is 15.8 Å². The van der Waals surface area contributed by atoms with Crippen molar-refractivity contribution in [3.63, 3.8) is 0 Å². The molecule has 0 bridgehead atoms. The van der Waals surface area contributed by atoms with Gasteiger partial charge < -0.3 is 20.1 Å². The molecule has 1 atom stereocenters. The first-order valence-electron chi connectivity index (χ1n) is 8.70. The lowest BCUT2D eigenvalue weighted by Gasteiger charge is -2.34. The van der Waals surface area contributed by atoms with E-state index in [-0.39, 0.29) is 18.0 Å². The summed E-state index contributed by atoms with van der Waals surface area (Å²) in [5, 5.41) is 0. The minimum atomic E-state index is -3.84. The summed E-state index contributed by atoms with van der Waals surface area (Å²) in [5.74, 6) is 0.298. The number of hydrogen-bond acceptors (Lipinski definition) is 6. The number of ether oxygens (including phenoxy) is 2. The van der Waals surface area contributed by atoms with Gasteiger partial charge in [-0.25, -0.2) is 4.79 Å². The van der Waals surface area contributed by atoms with Crippen molar-refractivity contribution in [2.45, 2.75) is 45.3 Å². The van der Waals surface area contributed by atoms with Crippen LogP contribution in [0.2, 0.25) is 0 Å². The molecule has 10 heteroatoms. The third-order valence-electron chi connectivity index (χ3n) is 4.06. The minimum absolute atomic E-state index is 0.126. The van der Waals surface area contributed by atoms with E-state index in [4.69, 9.17) is 15.2 Å². The quantitative estimate of drug-likeness (QED) is 0.786. The first-order chi connectivity index (χ1) is 12.5. The number of amides is 1. The smallest absolute Gasteiger partial charge is 0.410 e. The van der Waals surface area contributed by atoms with E-state index in [1.54, 1.807) is 23.1 Å². The summed E-state index contributed by atoms with van der Waals surface area (Å²) < 4.78 is 40.7. The van der Waals surface area contributed by atoms with Crippen LogP contribution in [-0.4, -0.2) is 50.0 Å². The molecular formula is C17H24N4O5S. The van der Waals surface area contributed by atoms with Gasteiger partial charge in [-0.2, -0.15) is 8.42 Å². The van der Waals surface area contributed by atoms with Crippen molar-refractivity contribution in [3.05, 3.63) is 23.8 Å². The maximum absolute atomic E-state index is 12.3. The molecule has 9 nitrogen and oxygen atoms in total. The SMILES string of the molecule is CC(C)(C)OC(=O)N1CCC[C@@H](Oc2cccc3c2C(N)=NS(=O)(=O)N3)C1. The summed E-state index contributed by atoms with van der Waals surface area (Å²) in [5.41, 5.74) is 6.00. The van der Waals surface area contributed by atoms with Crippen LogP contribution in [0.1, 0.15) is 39.2 Å². The number of hydrogen-bond donors (Lipinski definition) is 2. The Morgan fingerprint density at radius 3 is 2.81 bits per heavy atom. The van der Waals surface area contributed by atoms with E-state index in [9.17, 15) is 13.2 Å². The average molecular weight is 396 g/mol. The predicted octanol–water partition coefficient (Wildman–Crippen LogP) is 1.84. The normalized spacial score (nSPS) is 21.5. The van der Waals surface area contributed by atoms with Crippen molar-refractivity contribution < 1.29 is 22.7 Å². The summed E-state index contributed by atoms with van der Waals surface area (Å²) in [6.07, 6.45) is 0.893. The molecule has 1 fully saturated rings. The van der Waals surface area contributed by atoms with Crippen molar-refractivity contribution in [3.8, 4) is 5.75 Å². The van der Waals surface area contributed by atoms with Gasteiger partial charge in [0.2, 0.25) is 0 Å². The second kappa shape index (κ2) is 6.91. The summed E-state index contributed by atoms with van der Waals surface area (Å²) >= 11 is 0. The molecule has 148 valence electrons. The van der Waals surface area contributed by atoms with Crippen LogP contribution >= 0.6 is 0 Å². The lowest BCUT2D eigenvalue weighted by molar-refractivity contribution is 0.00774. The standard InChI is InChI=1S/C17H24N4O5S/c1-17(2,3)26-16(22)21-9-5-6-11(10-21)25-13-8-4-7-12-14(13)15(18)20-27(23,24)19-12/h4,7-8,11,19H,5-6,9-10H2,1-3H3,(H2,18,20)/t11-/m1/s1. The largest absolute Gasteiger partial charge is 0.488 e. The van der Waals surface area contributed by atoms with Gasteiger partial charge in [-0.15, -0.1) is 4.40 Å². The topological polar surface area (TPSA) is 123 Å². The minimum Gasteiger partial charge on any atom is -0.488 e. The Balaban J connectivity index is 1.76. The van der Waals surface area contributed by atoms with Crippen LogP contribution in [-0.2, 0) is 14.9 Å². The number of benzene rings is 1. The van der Waals surface area contributed by atoms with Crippen molar-refractivity contribution >= 4 is 27.8 Å². The highest BCUT2D eigenvalue weighted by Gasteiger charge is 2.30. The van der Waals surface area contributed by atoms with E-state index in [1.807, 2.05) is 20.8 Å². The van der Waals surface area contributed by atoms with Gasteiger partial charge in [-0.05, 0) is 45.7 Å². The van der Waals surface area contributed by atoms with Crippen LogP contribution in [0.15, 0.2) is 22.6 Å². The number of carbonyl (C=O) groups is 1. The number of nitrogens with one attached hydrogen (secondary N) is 1. The highest BCUT2D eigenvalue weighted by molar-refractivity contribution is 7.91. The molecular weight excluding hydrogens is 372 g/mol. The second-order valence-corrected chi connectivity index (χ2v) is 8.88. The molecule has 27 heavy (non-hydrogen) atoms. The van der Waals surface area contributed by atoms with Crippen LogP contribution in [0.3, 0.4) is 0 Å². The van der Waals surface area contributed by atoms with Gasteiger partial charge in [-0.3, -0.25) is 4.72 Å². The Labute approximate surface area is 158 Å². The molecule has 1 saturated heterocycles. The fraction of sp³-hybridized carbons (Fsp3) is 0.529. The Kier molecular flexibility index (Phi) is 4.94. The van der Waals surface area contributed by atoms with Crippen LogP contribution in [0, 0.1) is 0 Å². The van der Waals surface area contributed by atoms with Crippen LogP contribution in [0.25, 0.3) is 0 Å². The molecule has 0 spiro atoms. The van der Waals surface area contributed by atoms with E-state index in [1.165, 1.54) is 0 Å². The van der Waals surface area contributed by atoms with E-state index >= 15 is 0 Å². The van der Waals surface area contributed by atoms with E-state index in [2.05, 4.69) is 9.12 Å². The zero-order chi connectivity index (χ0) is 19.8. The van der Waals surface area contributed by atoms with Gasteiger partial charge in [0.05, 0.1) is 17.8 Å². The summed E-state index contributed by atoms with van der Waals surface area (Å²) in [7, 11) is -3.84. The van der Waals surface area contributed by atoms with E-state index in [0.29, 0.717) is 30.1 Å². The second-order valence-electron chi connectivity index (χ2n) is 7.54. The maximum Gasteiger partial charge on any atom is 0.410 e. The molecule has 2 heterocycles. The van der Waals surface area contributed by atoms with Crippen molar-refractivity contribution in [1.29, 1.82) is 0 Å². The molecule has 0 unspecified atom stereocenters. The van der Waals surface area contributed by atoms with Crippen LogP contribution in [0.4, 0.5) is 10.5 Å². The molecule has 0 aromatic heterocycles. The number of piperidine rings is 1. The lowest BCUT2D eigenvalue weighted by atomic mass is 10.1. The lowest BCUT2D eigenvalue weighted by Crippen LogP contribution is -2.46. The molecule has 1 aromatic rings. The van der Waals surface area contributed by atoms with Gasteiger partial charge in [0.15, 0.2) is 5.84 Å². The van der Waals surface area contributed by atoms with Gasteiger partial charge in [-0.1, -0.05) is 6.07 Å². The number of fused-ring (bicyclic) bond motifs is 1. The fourth-order valence-corrected chi connectivity index (χ4v) is 3.87. The molecule has 3 N–H and O–H groups in total. The summed E-state index contributed by atoms with van der Waals surface area (Å²) in [6.45, 7) is 6.44. The number of likely N-dealkylation sites (tertiary alicyclic amines) is 1. The van der Waals surface area contributed by atoms with Gasteiger partial charge in [0.1, 0.15) is 17.5 Å². The van der Waals surface area contributed by atoms with Crippen molar-refractivity contribution in [2.24, 2.45) is 10.1 Å². The average Bonchev–Trinajstić information content (AvgIpc) is 2.52. The molecule has 1 aromatic carbocycles. The molecule has 0 saturated carbocycles. The highest BCUT2D eigenvalue weighted by Crippen LogP contribution is 2.32. The number of nitrogens with two attached hydrogens (primary N) is 1. The number of anilines is 1. The Bertz CT molecular complexity index is 876. The van der Waals surface area contributed by atoms with Crippen molar-refractivity contribution in [2.75, 3.05) is 17.8 Å². The van der Waals surface area contributed by atoms with Crippen LogP contribution in [0.5, 0.6) is 5.75 Å². The Morgan fingerprint density at radius 1 is 1.37 bits per heavy atom. The number of amidine groups is 1. The third-order valence-corrected chi connectivity index (χ3v) is 4.98. The van der Waals surface area contributed by atoms with Crippen LogP contribution < -0.4 is 15.2 Å². The maximum atomic E-state index is 12.3. The molecule has 0 radical (unpaired) electrons. The van der Waals surface area contributed by atoms with Gasteiger partial charge in [0.25, 0.3) is 0 Å². The van der Waals surface area contributed by atoms with Gasteiger partial charge >= 0.3 is 16.3 Å². The monoisotopic (exact) mass is 396 g/mol. The third kappa shape index (κ3) is 4.62. The van der Waals surface area contributed by atoms with E-state index in [0.717, 1.165) is 12.8 Å². The zero-order valence-corrected chi connectivity index (χ0v) is 16.4. The number of rotatable bonds is 2. The highest BCUT2D eigenvalue weighted by atomic mass is 32.2. The van der Waals surface area contributed by atoms with Crippen molar-refractivity contribution in [1.82, 2.24) is 4.90 Å². The molecule has 2 aliphatic rings. The molecule has 0 aliphatic carbocycles. The first kappa shape index (κ1) is 19.3. The summed E-state index contributed by atoms with van der Waals surface area (Å²) in [6, 6.07) is 4.96. The molecule has 2 aliphatic heterocycles. The molecule has 3 rings (SSSR count). The Morgan fingerprint density at radius 2 is 2.11 bits per heavy atom. The first-order valence-corrected chi connectivity index (χ1v) is 10.1. The number of carbonyl (C=O) groups excluding carboxylic acids is 1. The summed E-state index contributed by atoms with van der Waals surface area (Å²) in [4.78, 5) is 13.9. The molecule has 1 amide bonds. The Hall–Kier alpha value is -2.49. The predicted molar refractivity (Wildman–Crippen MR) is 101 cm³/mol. The number of nitrogens with zero attached hydrogens (tertiary/aromatic N) is 2.